The summed E-state index contributed by atoms with van der Waals surface area (Å²) in [4.78, 5) is 74.5. The number of oxime groups is 1. The van der Waals surface area contributed by atoms with Crippen LogP contribution in [0.5, 0.6) is 0 Å². The van der Waals surface area contributed by atoms with Crippen molar-refractivity contribution in [2.24, 2.45) is 22.9 Å². The van der Waals surface area contributed by atoms with Gasteiger partial charge in [0.15, 0.2) is 10.9 Å². The van der Waals surface area contributed by atoms with Crippen molar-refractivity contribution in [2.75, 3.05) is 24.4 Å². The molecule has 3 atom stereocenters. The fraction of sp³-hybridized carbons (Fsp3) is 0.444. The number of hydrogen-bond donors (Lipinski definition) is 4. The second-order valence-corrected chi connectivity index (χ2v) is 10.7. The zero-order chi connectivity index (χ0) is 26.1. The molecule has 192 valence electrons. The highest BCUT2D eigenvalue weighted by atomic mass is 32.2. The standard InChI is InChI=1S/C18H20N8O7S3/c1-25-18(22-12(28)13(29)23-25)36-4-6-3-34-15-9(14(30)26(15)10(6)16(31)32)21-11(27)8(24-33-2)7-5-35-17(19)20-7/h9,15,17H,3-5,19H2,1-2H3,(H,21,27)(H,23,29)(H,31,32)/b24-8-/t9-,15-,17?/m1/s1. The highest BCUT2D eigenvalue weighted by Gasteiger charge is 2.54. The molecular weight excluding hydrogens is 536 g/mol. The first-order valence-electron chi connectivity index (χ1n) is 10.2. The molecule has 18 heteroatoms. The van der Waals surface area contributed by atoms with Gasteiger partial charge in [-0.3, -0.25) is 38.9 Å². The number of β-lactam (4-membered cyclic amide) rings is 1. The largest absolute Gasteiger partial charge is 0.477 e. The number of thioether (sulfide) groups is 3. The van der Waals surface area contributed by atoms with Crippen LogP contribution in [0.4, 0.5) is 0 Å². The number of rotatable bonds is 8. The predicted octanol–water partition coefficient (Wildman–Crippen LogP) is -2.27. The number of aryl methyl sites for hydroxylation is 1. The van der Waals surface area contributed by atoms with Crippen LogP contribution >= 0.6 is 35.3 Å². The van der Waals surface area contributed by atoms with E-state index in [2.05, 4.69) is 25.5 Å². The summed E-state index contributed by atoms with van der Waals surface area (Å²) >= 11 is 3.64. The van der Waals surface area contributed by atoms with Gasteiger partial charge in [-0.05, 0) is 5.57 Å². The monoisotopic (exact) mass is 556 g/mol. The lowest BCUT2D eigenvalue weighted by atomic mass is 10.0. The summed E-state index contributed by atoms with van der Waals surface area (Å²) < 4.78 is 1.26. The van der Waals surface area contributed by atoms with E-state index in [1.165, 1.54) is 42.4 Å². The molecule has 1 unspecified atom stereocenters. The van der Waals surface area contributed by atoms with E-state index in [0.29, 0.717) is 17.0 Å². The third-order valence-electron chi connectivity index (χ3n) is 5.20. The molecule has 1 aromatic rings. The van der Waals surface area contributed by atoms with Crippen LogP contribution in [-0.2, 0) is 26.3 Å². The Morgan fingerprint density at radius 2 is 2.08 bits per heavy atom. The SMILES string of the molecule is CO/N=C(\C(=O)N[C@@H]1C(=O)N2C(C(=O)O)=C(CSc3nc(=O)c(=O)[nH]n3C)CS[C@H]12)C1=NC(N)SC1. The molecule has 15 nitrogen and oxygen atoms in total. The minimum Gasteiger partial charge on any atom is -0.477 e. The van der Waals surface area contributed by atoms with Gasteiger partial charge in [0, 0.05) is 24.3 Å². The number of aliphatic imine (C=N–C) groups is 1. The Hall–Kier alpha value is -3.09. The van der Waals surface area contributed by atoms with Crippen molar-refractivity contribution >= 4 is 64.5 Å². The number of carbonyl (C=O) groups excluding carboxylic acids is 2. The van der Waals surface area contributed by atoms with Gasteiger partial charge in [-0.1, -0.05) is 16.9 Å². The molecule has 0 radical (unpaired) electrons. The third kappa shape index (κ3) is 4.93. The maximum atomic E-state index is 12.9. The van der Waals surface area contributed by atoms with E-state index in [4.69, 9.17) is 10.6 Å². The normalized spacial score (nSPS) is 23.7. The highest BCUT2D eigenvalue weighted by Crippen LogP contribution is 2.41. The minimum atomic E-state index is -1.30. The van der Waals surface area contributed by atoms with Crippen molar-refractivity contribution in [1.29, 1.82) is 0 Å². The Balaban J connectivity index is 1.50. The van der Waals surface area contributed by atoms with E-state index in [-0.39, 0.29) is 28.1 Å². The molecule has 1 aromatic heterocycles. The van der Waals surface area contributed by atoms with Crippen LogP contribution in [0.2, 0.25) is 0 Å². The van der Waals surface area contributed by atoms with E-state index in [1.54, 1.807) is 0 Å². The van der Waals surface area contributed by atoms with Crippen LogP contribution < -0.4 is 22.2 Å². The van der Waals surface area contributed by atoms with Gasteiger partial charge in [0.05, 0.1) is 5.71 Å². The lowest BCUT2D eigenvalue weighted by Crippen LogP contribution is -2.71. The number of aromatic nitrogens is 3. The van der Waals surface area contributed by atoms with Gasteiger partial charge < -0.3 is 21.0 Å². The second-order valence-electron chi connectivity index (χ2n) is 7.51. The molecule has 3 aliphatic heterocycles. The molecule has 5 N–H and O–H groups in total. The zero-order valence-corrected chi connectivity index (χ0v) is 21.2. The topological polar surface area (TPSA) is 214 Å². The van der Waals surface area contributed by atoms with Gasteiger partial charge in [0.1, 0.15) is 29.7 Å². The molecule has 0 aromatic carbocycles. The van der Waals surface area contributed by atoms with E-state index in [9.17, 15) is 29.1 Å². The number of fused-ring (bicyclic) bond motifs is 1. The lowest BCUT2D eigenvalue weighted by Gasteiger charge is -2.49. The minimum absolute atomic E-state index is 0.102. The maximum absolute atomic E-state index is 12.9. The van der Waals surface area contributed by atoms with Gasteiger partial charge in [0.25, 0.3) is 11.8 Å². The Labute approximate surface area is 215 Å². The maximum Gasteiger partial charge on any atom is 0.352 e. The number of H-pyrrole nitrogens is 1. The number of carboxylic acids is 1. The average Bonchev–Trinajstić information content (AvgIpc) is 3.27. The fourth-order valence-electron chi connectivity index (χ4n) is 3.58. The number of amides is 2. The summed E-state index contributed by atoms with van der Waals surface area (Å²) in [5.41, 5.74) is 3.85. The number of hydrogen-bond acceptors (Lipinski definition) is 13. The Morgan fingerprint density at radius 1 is 1.33 bits per heavy atom. The summed E-state index contributed by atoms with van der Waals surface area (Å²) in [5, 5.41) is 18.0. The van der Waals surface area contributed by atoms with Crippen molar-refractivity contribution in [3.8, 4) is 0 Å². The Kier molecular flexibility index (Phi) is 7.57. The molecule has 4 heterocycles. The first-order valence-corrected chi connectivity index (χ1v) is 13.3. The van der Waals surface area contributed by atoms with Crippen molar-refractivity contribution in [3.63, 3.8) is 0 Å². The summed E-state index contributed by atoms with van der Waals surface area (Å²) in [6, 6.07) is -0.974. The van der Waals surface area contributed by atoms with E-state index >= 15 is 0 Å². The van der Waals surface area contributed by atoms with Crippen LogP contribution in [0, 0.1) is 0 Å². The van der Waals surface area contributed by atoms with Crippen molar-refractivity contribution in [2.45, 2.75) is 22.1 Å². The van der Waals surface area contributed by atoms with Gasteiger partial charge >= 0.3 is 17.1 Å². The molecule has 2 amide bonds. The Bertz CT molecular complexity index is 1340. The van der Waals surface area contributed by atoms with Crippen LogP contribution in [0.3, 0.4) is 0 Å². The Morgan fingerprint density at radius 3 is 2.72 bits per heavy atom. The van der Waals surface area contributed by atoms with Gasteiger partial charge in [-0.2, -0.15) is 4.98 Å². The van der Waals surface area contributed by atoms with Crippen LogP contribution in [0.15, 0.2) is 36.2 Å². The number of nitrogens with two attached hydrogens (primary N) is 1. The smallest absolute Gasteiger partial charge is 0.352 e. The first kappa shape index (κ1) is 26.0. The molecule has 0 saturated carbocycles. The summed E-state index contributed by atoms with van der Waals surface area (Å²) in [6.07, 6.45) is 0. The van der Waals surface area contributed by atoms with Gasteiger partial charge in [0.2, 0.25) is 0 Å². The summed E-state index contributed by atoms with van der Waals surface area (Å²) in [7, 11) is 2.76. The molecule has 1 saturated heterocycles. The van der Waals surface area contributed by atoms with E-state index < -0.39 is 45.8 Å². The molecular formula is C18H20N8O7S3. The molecule has 36 heavy (non-hydrogen) atoms. The van der Waals surface area contributed by atoms with Gasteiger partial charge in [-0.25, -0.2) is 4.79 Å². The molecule has 0 aliphatic carbocycles. The number of nitrogens with zero attached hydrogens (tertiary/aromatic N) is 5. The van der Waals surface area contributed by atoms with Crippen LogP contribution in [0.25, 0.3) is 0 Å². The van der Waals surface area contributed by atoms with Gasteiger partial charge in [-0.15, -0.1) is 23.5 Å². The second kappa shape index (κ2) is 10.5. The quantitative estimate of drug-likeness (QED) is 0.0877. The number of aromatic amines is 1. The molecule has 4 rings (SSSR count). The number of carbonyl (C=O) groups is 3. The number of carboxylic acid groups (broad SMARTS) is 1. The fourth-order valence-corrected chi connectivity index (χ4v) is 6.73. The number of nitrogens with one attached hydrogen (secondary N) is 2. The summed E-state index contributed by atoms with van der Waals surface area (Å²) in [5.74, 6) is -1.86. The van der Waals surface area contributed by atoms with Crippen LogP contribution in [0.1, 0.15) is 0 Å². The average molecular weight is 557 g/mol. The van der Waals surface area contributed by atoms with Crippen molar-refractivity contribution in [3.05, 3.63) is 32.0 Å². The molecule has 3 aliphatic rings. The lowest BCUT2D eigenvalue weighted by molar-refractivity contribution is -0.150. The van der Waals surface area contributed by atoms with E-state index in [0.717, 1.165) is 16.7 Å². The van der Waals surface area contributed by atoms with Crippen LogP contribution in [-0.4, -0.2) is 95.3 Å². The first-order chi connectivity index (χ1) is 17.1. The zero-order valence-electron chi connectivity index (χ0n) is 18.8. The number of aliphatic carboxylic acids is 1. The molecule has 0 bridgehead atoms. The third-order valence-corrected chi connectivity index (χ3v) is 8.55. The van der Waals surface area contributed by atoms with Crippen molar-refractivity contribution < 1.29 is 24.3 Å². The molecule has 0 spiro atoms. The highest BCUT2D eigenvalue weighted by molar-refractivity contribution is 8.01. The summed E-state index contributed by atoms with van der Waals surface area (Å²) in [6.45, 7) is 0. The van der Waals surface area contributed by atoms with Crippen molar-refractivity contribution in [1.82, 2.24) is 25.0 Å². The molecule has 1 fully saturated rings. The van der Waals surface area contributed by atoms with E-state index in [1.807, 2.05) is 0 Å². The predicted molar refractivity (Wildman–Crippen MR) is 133 cm³/mol.